The lowest BCUT2D eigenvalue weighted by Crippen LogP contribution is -2.30. The van der Waals surface area contributed by atoms with E-state index in [4.69, 9.17) is 9.26 Å². The van der Waals surface area contributed by atoms with Gasteiger partial charge in [-0.25, -0.2) is 8.42 Å². The zero-order valence-corrected chi connectivity index (χ0v) is 13.2. The topological polar surface area (TPSA) is 98.5 Å². The van der Waals surface area contributed by atoms with E-state index < -0.39 is 15.9 Å². The van der Waals surface area contributed by atoms with Crippen LogP contribution in [0.5, 0.6) is 5.75 Å². The predicted octanol–water partition coefficient (Wildman–Crippen LogP) is 1.79. The maximum atomic E-state index is 11.9. The molecule has 0 saturated carbocycles. The van der Waals surface area contributed by atoms with Crippen LogP contribution in [0.15, 0.2) is 39.8 Å². The predicted molar refractivity (Wildman–Crippen MR) is 79.5 cm³/mol. The first-order valence-electron chi connectivity index (χ1n) is 6.46. The van der Waals surface area contributed by atoms with Crippen molar-refractivity contribution in [2.24, 2.45) is 0 Å². The molecule has 1 aromatic carbocycles. The summed E-state index contributed by atoms with van der Waals surface area (Å²) in [5, 5.41) is 6.21. The number of hydrogen-bond acceptors (Lipinski definition) is 6. The second kappa shape index (κ2) is 6.18. The third kappa shape index (κ3) is 4.08. The highest BCUT2D eigenvalue weighted by Crippen LogP contribution is 2.17. The van der Waals surface area contributed by atoms with E-state index in [1.54, 1.807) is 19.9 Å². The van der Waals surface area contributed by atoms with Crippen LogP contribution in [0.3, 0.4) is 0 Å². The van der Waals surface area contributed by atoms with Gasteiger partial charge in [0.25, 0.3) is 5.91 Å². The number of carbonyl (C=O) groups is 1. The van der Waals surface area contributed by atoms with Gasteiger partial charge in [0.1, 0.15) is 11.5 Å². The number of nitrogens with one attached hydrogen (secondary N) is 1. The van der Waals surface area contributed by atoms with Crippen LogP contribution in [0.25, 0.3) is 0 Å². The van der Waals surface area contributed by atoms with Crippen molar-refractivity contribution in [3.05, 3.63) is 36.1 Å². The number of sulfone groups is 1. The van der Waals surface area contributed by atoms with Crippen molar-refractivity contribution in [2.75, 3.05) is 11.6 Å². The van der Waals surface area contributed by atoms with E-state index in [1.807, 2.05) is 0 Å². The van der Waals surface area contributed by atoms with Crippen molar-refractivity contribution in [3.63, 3.8) is 0 Å². The van der Waals surface area contributed by atoms with Crippen molar-refractivity contribution in [1.29, 1.82) is 0 Å². The molecule has 0 aliphatic rings. The van der Waals surface area contributed by atoms with Crippen LogP contribution in [0.2, 0.25) is 0 Å². The first-order valence-corrected chi connectivity index (χ1v) is 8.36. The first-order chi connectivity index (χ1) is 10.3. The van der Waals surface area contributed by atoms with Crippen LogP contribution >= 0.6 is 0 Å². The Morgan fingerprint density at radius 1 is 1.32 bits per heavy atom. The van der Waals surface area contributed by atoms with Crippen molar-refractivity contribution in [2.45, 2.75) is 24.8 Å². The van der Waals surface area contributed by atoms with Gasteiger partial charge in [0.05, 0.1) is 4.90 Å². The summed E-state index contributed by atoms with van der Waals surface area (Å²) in [4.78, 5) is 12.1. The normalized spacial score (nSPS) is 12.7. The number of ether oxygens (including phenoxy) is 1. The van der Waals surface area contributed by atoms with E-state index >= 15 is 0 Å². The molecular weight excluding hydrogens is 308 g/mol. The molecule has 1 amide bonds. The summed E-state index contributed by atoms with van der Waals surface area (Å²) in [6, 6.07) is 7.44. The molecule has 0 spiro atoms. The molecule has 2 rings (SSSR count). The molecular formula is C14H16N2O5S. The molecule has 1 aromatic heterocycles. The van der Waals surface area contributed by atoms with Crippen molar-refractivity contribution in [3.8, 4) is 5.75 Å². The first kappa shape index (κ1) is 16.0. The fourth-order valence-corrected chi connectivity index (χ4v) is 2.31. The average molecular weight is 324 g/mol. The maximum absolute atomic E-state index is 11.9. The Labute approximate surface area is 128 Å². The van der Waals surface area contributed by atoms with E-state index in [2.05, 4.69) is 10.5 Å². The highest BCUT2D eigenvalue weighted by molar-refractivity contribution is 7.90. The summed E-state index contributed by atoms with van der Waals surface area (Å²) in [7, 11) is -3.26. The minimum Gasteiger partial charge on any atom is -0.481 e. The van der Waals surface area contributed by atoms with Gasteiger partial charge in [0, 0.05) is 12.3 Å². The van der Waals surface area contributed by atoms with Crippen LogP contribution in [0, 0.1) is 6.92 Å². The molecule has 0 saturated heterocycles. The number of rotatable bonds is 5. The number of aryl methyl sites for hydroxylation is 1. The molecule has 7 nitrogen and oxygen atoms in total. The van der Waals surface area contributed by atoms with Crippen molar-refractivity contribution >= 4 is 21.6 Å². The largest absolute Gasteiger partial charge is 0.481 e. The second-order valence-electron chi connectivity index (χ2n) is 4.82. The minimum atomic E-state index is -3.26. The molecule has 0 aliphatic carbocycles. The van der Waals surface area contributed by atoms with Gasteiger partial charge in [0.15, 0.2) is 21.8 Å². The molecule has 0 aliphatic heterocycles. The van der Waals surface area contributed by atoms with Crippen LogP contribution in [-0.4, -0.2) is 31.8 Å². The number of anilines is 1. The smallest absolute Gasteiger partial charge is 0.266 e. The molecule has 118 valence electrons. The molecule has 2 aromatic rings. The van der Waals surface area contributed by atoms with E-state index in [9.17, 15) is 13.2 Å². The Morgan fingerprint density at radius 3 is 2.45 bits per heavy atom. The van der Waals surface area contributed by atoms with E-state index in [-0.39, 0.29) is 10.8 Å². The van der Waals surface area contributed by atoms with Gasteiger partial charge >= 0.3 is 0 Å². The summed E-state index contributed by atoms with van der Waals surface area (Å²) < 4.78 is 33.0. The van der Waals surface area contributed by atoms with E-state index in [1.165, 1.54) is 24.3 Å². The lowest BCUT2D eigenvalue weighted by molar-refractivity contribution is -0.122. The fraction of sp³-hybridized carbons (Fsp3) is 0.286. The summed E-state index contributed by atoms with van der Waals surface area (Å²) in [5.74, 6) is 0.900. The number of amides is 1. The number of benzene rings is 1. The molecule has 1 atom stereocenters. The third-order valence-electron chi connectivity index (χ3n) is 2.81. The van der Waals surface area contributed by atoms with Crippen molar-refractivity contribution < 1.29 is 22.5 Å². The molecule has 1 N–H and O–H groups in total. The van der Waals surface area contributed by atoms with Crippen molar-refractivity contribution in [1.82, 2.24) is 5.16 Å². The van der Waals surface area contributed by atoms with Gasteiger partial charge in [-0.3, -0.25) is 4.79 Å². The second-order valence-corrected chi connectivity index (χ2v) is 6.83. The van der Waals surface area contributed by atoms with Gasteiger partial charge in [-0.15, -0.1) is 0 Å². The lowest BCUT2D eigenvalue weighted by atomic mass is 10.3. The number of carbonyl (C=O) groups excluding carboxylic acids is 1. The monoisotopic (exact) mass is 324 g/mol. The summed E-state index contributed by atoms with van der Waals surface area (Å²) in [6.07, 6.45) is 0.347. The highest BCUT2D eigenvalue weighted by Gasteiger charge is 2.17. The van der Waals surface area contributed by atoms with Crippen LogP contribution in [0.1, 0.15) is 12.7 Å². The van der Waals surface area contributed by atoms with Crippen LogP contribution in [-0.2, 0) is 14.6 Å². The maximum Gasteiger partial charge on any atom is 0.266 e. The van der Waals surface area contributed by atoms with E-state index in [0.717, 1.165) is 6.26 Å². The summed E-state index contributed by atoms with van der Waals surface area (Å²) in [6.45, 7) is 3.29. The molecule has 22 heavy (non-hydrogen) atoms. The molecule has 0 fully saturated rings. The Balaban J connectivity index is 1.99. The minimum absolute atomic E-state index is 0.190. The number of nitrogens with zero attached hydrogens (tertiary/aromatic N) is 1. The lowest BCUT2D eigenvalue weighted by Gasteiger charge is -2.13. The fourth-order valence-electron chi connectivity index (χ4n) is 1.68. The molecule has 0 radical (unpaired) electrons. The van der Waals surface area contributed by atoms with Gasteiger partial charge in [-0.2, -0.15) is 0 Å². The number of aromatic nitrogens is 1. The van der Waals surface area contributed by atoms with Gasteiger partial charge in [-0.1, -0.05) is 5.16 Å². The average Bonchev–Trinajstić information content (AvgIpc) is 2.83. The van der Waals surface area contributed by atoms with Gasteiger partial charge in [0.2, 0.25) is 0 Å². The summed E-state index contributed by atoms with van der Waals surface area (Å²) in [5.41, 5.74) is 0. The molecule has 8 heteroatoms. The molecule has 1 heterocycles. The Bertz CT molecular complexity index is 765. The third-order valence-corrected chi connectivity index (χ3v) is 3.94. The van der Waals surface area contributed by atoms with E-state index in [0.29, 0.717) is 17.3 Å². The Hall–Kier alpha value is -2.35. The molecule has 0 unspecified atom stereocenters. The molecule has 0 bridgehead atoms. The zero-order chi connectivity index (χ0) is 16.3. The van der Waals surface area contributed by atoms with Gasteiger partial charge in [-0.05, 0) is 38.1 Å². The highest BCUT2D eigenvalue weighted by atomic mass is 32.2. The Kier molecular flexibility index (Phi) is 4.51. The summed E-state index contributed by atoms with van der Waals surface area (Å²) >= 11 is 0. The van der Waals surface area contributed by atoms with Gasteiger partial charge < -0.3 is 14.6 Å². The number of hydrogen-bond donors (Lipinski definition) is 1. The SMILES string of the molecule is Cc1cc(NC(=O)[C@@H](C)Oc2ccc(S(C)(=O)=O)cc2)no1. The van der Waals surface area contributed by atoms with Crippen LogP contribution < -0.4 is 10.1 Å². The Morgan fingerprint density at radius 2 is 1.95 bits per heavy atom. The standard InChI is InChI=1S/C14H16N2O5S/c1-9-8-13(16-21-9)15-14(17)10(2)20-11-4-6-12(7-5-11)22(3,18)19/h4-8,10H,1-3H3,(H,15,16,17)/t10-/m1/s1. The van der Waals surface area contributed by atoms with Crippen LogP contribution in [0.4, 0.5) is 5.82 Å². The quantitative estimate of drug-likeness (QED) is 0.900. The zero-order valence-electron chi connectivity index (χ0n) is 12.4.